The summed E-state index contributed by atoms with van der Waals surface area (Å²) in [6, 6.07) is 19.8. The molecule has 0 saturated carbocycles. The number of phosphoric ester groups is 1. The smallest absolute Gasteiger partial charge is 0.404 e. The predicted molar refractivity (Wildman–Crippen MR) is 208 cm³/mol. The van der Waals surface area contributed by atoms with Crippen LogP contribution in [-0.4, -0.2) is 80.3 Å². The third-order valence-electron chi connectivity index (χ3n) is 10.0. The molecule has 5 rings (SSSR count). The van der Waals surface area contributed by atoms with Gasteiger partial charge in [-0.2, -0.15) is 0 Å². The second kappa shape index (κ2) is 20.0. The number of nitrogens with two attached hydrogens (primary N) is 1. The molecule has 5 atom stereocenters. The molecule has 0 spiro atoms. The van der Waals surface area contributed by atoms with E-state index >= 15 is 0 Å². The quantitative estimate of drug-likeness (QED) is 0.0921. The molecular formula is C40H49N6O10P. The average Bonchev–Trinajstić information content (AvgIpc) is 3.55. The minimum absolute atomic E-state index is 0.0175. The molecule has 6 amide bonds. The van der Waals surface area contributed by atoms with Crippen molar-refractivity contribution in [3.8, 4) is 5.75 Å². The second-order valence-electron chi connectivity index (χ2n) is 14.3. The van der Waals surface area contributed by atoms with Crippen LogP contribution in [0.15, 0.2) is 84.9 Å². The third-order valence-corrected chi connectivity index (χ3v) is 10.5. The van der Waals surface area contributed by atoms with Crippen molar-refractivity contribution < 1.29 is 47.6 Å². The maximum Gasteiger partial charge on any atom is 0.524 e. The highest BCUT2D eigenvalue weighted by atomic mass is 31.2. The maximum atomic E-state index is 14.2. The van der Waals surface area contributed by atoms with E-state index in [1.807, 2.05) is 60.7 Å². The van der Waals surface area contributed by atoms with Crippen LogP contribution in [0, 0.1) is 0 Å². The lowest BCUT2D eigenvalue weighted by Crippen LogP contribution is -2.58. The van der Waals surface area contributed by atoms with Crippen LogP contribution in [0.3, 0.4) is 0 Å². The Labute approximate surface area is 330 Å². The van der Waals surface area contributed by atoms with Crippen molar-refractivity contribution in [3.63, 3.8) is 0 Å². The zero-order chi connectivity index (χ0) is 41.0. The fraction of sp³-hybridized carbons (Fsp3) is 0.400. The number of phosphoric acid groups is 1. The van der Waals surface area contributed by atoms with E-state index < -0.39 is 67.4 Å². The van der Waals surface area contributed by atoms with E-state index in [4.69, 9.17) is 15.5 Å². The Bertz CT molecular complexity index is 1930. The average molecular weight is 805 g/mol. The van der Waals surface area contributed by atoms with Gasteiger partial charge in [0.05, 0.1) is 0 Å². The molecule has 3 aromatic carbocycles. The molecule has 16 nitrogen and oxygen atoms in total. The first-order valence-electron chi connectivity index (χ1n) is 19.0. The molecule has 2 aliphatic heterocycles. The topological polar surface area (TPSA) is 247 Å². The van der Waals surface area contributed by atoms with Crippen LogP contribution in [0.25, 0.3) is 0 Å². The molecule has 2 saturated heterocycles. The molecule has 57 heavy (non-hydrogen) atoms. The number of carbonyl (C=O) groups excluding carboxylic acids is 6. The number of amides is 6. The molecule has 2 aliphatic rings. The standard InChI is InChI=1S/C40H49N6O10P/c41-35(47)22-20-31(37(49)42-25-28-10-5-2-6-11-28)44-39(51)34-21-17-29-12-7-13-32(40(52)46(29)34)45-38(50)33(43-36(48)23-16-26-8-3-1-4-9-26)24-27-14-18-30(19-15-27)56-57(53,54)55/h1-6,8-11,14-15,18-19,29,31-34H,7,12-13,16-17,20-25H2,(H2,41,47)(H,42,49)(H,43,48)(H,44,51)(H,45,50)(H2,53,54,55)/t29?,31-,32-,33+,34-/m0/s1. The van der Waals surface area contributed by atoms with E-state index in [9.17, 15) is 33.3 Å². The van der Waals surface area contributed by atoms with Gasteiger partial charge in [-0.1, -0.05) is 72.8 Å². The summed E-state index contributed by atoms with van der Waals surface area (Å²) >= 11 is 0. The van der Waals surface area contributed by atoms with Crippen molar-refractivity contribution in [1.29, 1.82) is 0 Å². The second-order valence-corrected chi connectivity index (χ2v) is 15.5. The van der Waals surface area contributed by atoms with Gasteiger partial charge < -0.3 is 36.4 Å². The highest BCUT2D eigenvalue weighted by Crippen LogP contribution is 2.37. The zero-order valence-corrected chi connectivity index (χ0v) is 32.3. The van der Waals surface area contributed by atoms with Gasteiger partial charge in [0, 0.05) is 31.8 Å². The van der Waals surface area contributed by atoms with Crippen LogP contribution >= 0.6 is 7.82 Å². The lowest BCUT2D eigenvalue weighted by molar-refractivity contribution is -0.143. The van der Waals surface area contributed by atoms with Gasteiger partial charge in [0.25, 0.3) is 0 Å². The van der Waals surface area contributed by atoms with Gasteiger partial charge in [0.1, 0.15) is 29.9 Å². The Morgan fingerprint density at radius 3 is 2.11 bits per heavy atom. The van der Waals surface area contributed by atoms with Crippen LogP contribution in [-0.2, 0) is 52.7 Å². The van der Waals surface area contributed by atoms with Gasteiger partial charge in [0.15, 0.2) is 0 Å². The lowest BCUT2D eigenvalue weighted by Gasteiger charge is -2.32. The summed E-state index contributed by atoms with van der Waals surface area (Å²) in [5.41, 5.74) is 7.68. The van der Waals surface area contributed by atoms with Crippen molar-refractivity contribution in [2.45, 2.75) is 101 Å². The third kappa shape index (κ3) is 13.0. The Balaban J connectivity index is 1.28. The monoisotopic (exact) mass is 804 g/mol. The minimum Gasteiger partial charge on any atom is -0.404 e. The Hall–Kier alpha value is -5.57. The van der Waals surface area contributed by atoms with Gasteiger partial charge >= 0.3 is 7.82 Å². The number of aryl methyl sites for hydroxylation is 1. The van der Waals surface area contributed by atoms with Crippen LogP contribution in [0.4, 0.5) is 0 Å². The highest BCUT2D eigenvalue weighted by Gasteiger charge is 2.45. The number of primary amides is 1. The molecule has 0 bridgehead atoms. The molecule has 304 valence electrons. The molecule has 2 heterocycles. The number of nitrogens with zero attached hydrogens (tertiary/aromatic N) is 1. The SMILES string of the molecule is NC(=O)CC[C@H](NC(=O)[C@@H]1CCC2CCC[C@H](NC(=O)[C@@H](Cc3ccc(OP(=O)(O)O)cc3)NC(=O)CCc3ccccc3)C(=O)N21)C(=O)NCc1ccccc1. The van der Waals surface area contributed by atoms with E-state index in [1.54, 1.807) is 0 Å². The number of benzene rings is 3. The summed E-state index contributed by atoms with van der Waals surface area (Å²) in [5, 5.41) is 11.2. The minimum atomic E-state index is -4.80. The highest BCUT2D eigenvalue weighted by molar-refractivity contribution is 7.46. The summed E-state index contributed by atoms with van der Waals surface area (Å²) in [5.74, 6) is -3.27. The molecule has 0 aromatic heterocycles. The van der Waals surface area contributed by atoms with E-state index in [-0.39, 0.29) is 50.4 Å². The van der Waals surface area contributed by atoms with E-state index in [0.717, 1.165) is 11.1 Å². The van der Waals surface area contributed by atoms with Gasteiger partial charge in [-0.25, -0.2) is 4.57 Å². The van der Waals surface area contributed by atoms with Crippen LogP contribution in [0.2, 0.25) is 0 Å². The number of rotatable bonds is 18. The molecule has 0 aliphatic carbocycles. The van der Waals surface area contributed by atoms with Gasteiger partial charge in [-0.3, -0.25) is 38.6 Å². The van der Waals surface area contributed by atoms with Crippen molar-refractivity contribution in [3.05, 3.63) is 102 Å². The fourth-order valence-electron chi connectivity index (χ4n) is 7.19. The largest absolute Gasteiger partial charge is 0.524 e. The number of carbonyl (C=O) groups is 6. The first kappa shape index (κ1) is 42.6. The van der Waals surface area contributed by atoms with Crippen LogP contribution < -0.4 is 31.5 Å². The number of fused-ring (bicyclic) bond motifs is 1. The van der Waals surface area contributed by atoms with Crippen LogP contribution in [0.5, 0.6) is 5.75 Å². The predicted octanol–water partition coefficient (Wildman–Crippen LogP) is 1.91. The maximum absolute atomic E-state index is 14.2. The van der Waals surface area contributed by atoms with Gasteiger partial charge in [-0.05, 0) is 73.8 Å². The Kier molecular flexibility index (Phi) is 15.0. The van der Waals surface area contributed by atoms with Crippen molar-refractivity contribution in [2.24, 2.45) is 5.73 Å². The van der Waals surface area contributed by atoms with E-state index in [0.29, 0.717) is 37.7 Å². The summed E-state index contributed by atoms with van der Waals surface area (Å²) in [4.78, 5) is 99.9. The van der Waals surface area contributed by atoms with E-state index in [1.165, 1.54) is 29.2 Å². The molecule has 17 heteroatoms. The summed E-state index contributed by atoms with van der Waals surface area (Å²) in [6.45, 7) is 0.199. The summed E-state index contributed by atoms with van der Waals surface area (Å²) in [7, 11) is -4.80. The normalized spacial score (nSPS) is 18.9. The zero-order valence-electron chi connectivity index (χ0n) is 31.4. The fourth-order valence-corrected chi connectivity index (χ4v) is 7.59. The molecule has 1 unspecified atom stereocenters. The van der Waals surface area contributed by atoms with Crippen molar-refractivity contribution in [2.75, 3.05) is 0 Å². The number of nitrogens with one attached hydrogen (secondary N) is 4. The molecule has 8 N–H and O–H groups in total. The first-order chi connectivity index (χ1) is 27.3. The molecule has 0 radical (unpaired) electrons. The van der Waals surface area contributed by atoms with Crippen molar-refractivity contribution >= 4 is 43.3 Å². The number of hydrogen-bond donors (Lipinski definition) is 7. The summed E-state index contributed by atoms with van der Waals surface area (Å²) < 4.78 is 15.9. The van der Waals surface area contributed by atoms with Crippen molar-refractivity contribution in [1.82, 2.24) is 26.2 Å². The Morgan fingerprint density at radius 2 is 1.46 bits per heavy atom. The molecule has 2 fully saturated rings. The summed E-state index contributed by atoms with van der Waals surface area (Å²) in [6.07, 6.45) is 2.63. The van der Waals surface area contributed by atoms with Gasteiger partial charge in [-0.15, -0.1) is 0 Å². The van der Waals surface area contributed by atoms with E-state index in [2.05, 4.69) is 25.8 Å². The Morgan fingerprint density at radius 1 is 0.789 bits per heavy atom. The molecular weight excluding hydrogens is 755 g/mol. The van der Waals surface area contributed by atoms with Crippen LogP contribution in [0.1, 0.15) is 68.1 Å². The number of hydrogen-bond acceptors (Lipinski definition) is 8. The lowest BCUT2D eigenvalue weighted by atomic mass is 10.0. The first-order valence-corrected chi connectivity index (χ1v) is 20.5. The molecule has 3 aromatic rings. The van der Waals surface area contributed by atoms with Gasteiger partial charge in [0.2, 0.25) is 35.4 Å².